The summed E-state index contributed by atoms with van der Waals surface area (Å²) in [6, 6.07) is 5.75. The van der Waals surface area contributed by atoms with Crippen molar-refractivity contribution >= 4 is 29.0 Å². The number of fused-ring (bicyclic) bond motifs is 1. The van der Waals surface area contributed by atoms with Gasteiger partial charge in [-0.25, -0.2) is 4.98 Å². The number of β-amino-alcohol motifs (C(OH)–C–C–N with tert-alkyl or cyclic N) is 1. The zero-order valence-corrected chi connectivity index (χ0v) is 25.2. The molecule has 1 saturated heterocycles. The summed E-state index contributed by atoms with van der Waals surface area (Å²) >= 11 is 0. The fourth-order valence-corrected chi connectivity index (χ4v) is 6.44. The fraction of sp³-hybridized carbons (Fsp3) is 0.567. The summed E-state index contributed by atoms with van der Waals surface area (Å²) in [6.07, 6.45) is 6.91. The van der Waals surface area contributed by atoms with Gasteiger partial charge in [0.15, 0.2) is 5.82 Å². The second kappa shape index (κ2) is 12.8. The third-order valence-electron chi connectivity index (χ3n) is 8.83. The quantitative estimate of drug-likeness (QED) is 0.359. The van der Waals surface area contributed by atoms with Gasteiger partial charge in [0.2, 0.25) is 23.6 Å². The van der Waals surface area contributed by atoms with Crippen molar-refractivity contribution in [1.29, 1.82) is 0 Å². The van der Waals surface area contributed by atoms with Gasteiger partial charge in [0.25, 0.3) is 0 Å². The number of carbonyl (C=O) groups excluding carboxylic acids is 1. The summed E-state index contributed by atoms with van der Waals surface area (Å²) in [4.78, 5) is 35.8. The highest BCUT2D eigenvalue weighted by Gasteiger charge is 2.41. The van der Waals surface area contributed by atoms with E-state index in [0.29, 0.717) is 48.2 Å². The summed E-state index contributed by atoms with van der Waals surface area (Å²) in [5.74, 6) is 2.98. The Bertz CT molecular complexity index is 1420. The molecule has 1 aliphatic carbocycles. The van der Waals surface area contributed by atoms with Crippen LogP contribution in [0.5, 0.6) is 5.75 Å². The molecule has 2 N–H and O–H groups in total. The standard InChI is InChI=1S/C30H41N9O4/c1-4-23-29(41)36(2)24-18-31-30(34-28(24)39(23)21-7-5-6-8-21)32-22-10-9-20(17-25(22)42-3)27-33-26(43-35-27)19-38-13-11-37(12-14-38)15-16-40/h9-10,17-18,21,23,40H,4-8,11-16,19H2,1-3H3,(H,31,32,34)/t23-/m1/s1. The number of ether oxygens (including phenoxy) is 1. The Labute approximate surface area is 251 Å². The molecule has 3 aromatic rings. The zero-order chi connectivity index (χ0) is 29.9. The SMILES string of the molecule is CC[C@@H]1C(=O)N(C)c2cnc(Nc3ccc(-c4noc(CN5CCN(CCO)CC5)n4)cc3OC)nc2N1C1CCCC1. The van der Waals surface area contributed by atoms with Crippen molar-refractivity contribution in [3.05, 3.63) is 30.3 Å². The Kier molecular flexibility index (Phi) is 8.73. The van der Waals surface area contributed by atoms with Crippen molar-refractivity contribution in [1.82, 2.24) is 29.9 Å². The first-order valence-electron chi connectivity index (χ1n) is 15.3. The summed E-state index contributed by atoms with van der Waals surface area (Å²) in [5.41, 5.74) is 2.21. The first-order chi connectivity index (χ1) is 21.0. The monoisotopic (exact) mass is 591 g/mol. The molecule has 2 fully saturated rings. The number of aromatic nitrogens is 4. The number of rotatable bonds is 10. The molecule has 13 nitrogen and oxygen atoms in total. The Morgan fingerprint density at radius 2 is 1.88 bits per heavy atom. The van der Waals surface area contributed by atoms with Crippen LogP contribution in [-0.2, 0) is 11.3 Å². The number of aliphatic hydroxyl groups is 1. The van der Waals surface area contributed by atoms with Gasteiger partial charge in [0.05, 0.1) is 32.1 Å². The van der Waals surface area contributed by atoms with Crippen LogP contribution in [0.2, 0.25) is 0 Å². The predicted molar refractivity (Wildman–Crippen MR) is 163 cm³/mol. The zero-order valence-electron chi connectivity index (χ0n) is 25.2. The van der Waals surface area contributed by atoms with Crippen LogP contribution < -0.4 is 19.9 Å². The van der Waals surface area contributed by atoms with Crippen molar-refractivity contribution in [2.45, 2.75) is 57.7 Å². The molecular formula is C30H41N9O4. The van der Waals surface area contributed by atoms with Crippen LogP contribution in [0.4, 0.5) is 23.1 Å². The number of benzene rings is 1. The Balaban J connectivity index is 1.19. The van der Waals surface area contributed by atoms with Gasteiger partial charge in [-0.15, -0.1) is 0 Å². The van der Waals surface area contributed by atoms with E-state index in [-0.39, 0.29) is 18.6 Å². The lowest BCUT2D eigenvalue weighted by atomic mass is 10.0. The van der Waals surface area contributed by atoms with E-state index in [1.54, 1.807) is 25.3 Å². The lowest BCUT2D eigenvalue weighted by molar-refractivity contribution is -0.120. The number of piperazine rings is 1. The number of carbonyl (C=O) groups is 1. The van der Waals surface area contributed by atoms with E-state index in [9.17, 15) is 4.79 Å². The maximum absolute atomic E-state index is 13.2. The predicted octanol–water partition coefficient (Wildman–Crippen LogP) is 2.89. The van der Waals surface area contributed by atoms with Gasteiger partial charge < -0.3 is 29.5 Å². The van der Waals surface area contributed by atoms with Crippen LogP contribution in [0.25, 0.3) is 11.4 Å². The molecule has 0 unspecified atom stereocenters. The van der Waals surface area contributed by atoms with Crippen LogP contribution in [-0.4, -0.2) is 106 Å². The maximum atomic E-state index is 13.2. The van der Waals surface area contributed by atoms with E-state index in [1.165, 1.54) is 12.8 Å². The lowest BCUT2D eigenvalue weighted by Gasteiger charge is -2.43. The van der Waals surface area contributed by atoms with Crippen LogP contribution in [0.15, 0.2) is 28.9 Å². The number of aliphatic hydroxyl groups excluding tert-OH is 1. The van der Waals surface area contributed by atoms with Crippen molar-refractivity contribution in [2.24, 2.45) is 0 Å². The molecule has 0 bridgehead atoms. The second-order valence-corrected chi connectivity index (χ2v) is 11.5. The minimum Gasteiger partial charge on any atom is -0.495 e. The molecule has 43 heavy (non-hydrogen) atoms. The average molecular weight is 592 g/mol. The molecule has 2 aromatic heterocycles. The van der Waals surface area contributed by atoms with Gasteiger partial charge in [0, 0.05) is 51.4 Å². The molecule has 1 amide bonds. The molecule has 0 spiro atoms. The maximum Gasteiger partial charge on any atom is 0.249 e. The van der Waals surface area contributed by atoms with Crippen LogP contribution in [0.1, 0.15) is 44.9 Å². The molecular weight excluding hydrogens is 550 g/mol. The lowest BCUT2D eigenvalue weighted by Crippen LogP contribution is -2.55. The highest BCUT2D eigenvalue weighted by atomic mass is 16.5. The third-order valence-corrected chi connectivity index (χ3v) is 8.83. The summed E-state index contributed by atoms with van der Waals surface area (Å²) in [6.45, 7) is 7.14. The molecule has 6 rings (SSSR count). The van der Waals surface area contributed by atoms with E-state index in [4.69, 9.17) is 19.4 Å². The number of hydrogen-bond acceptors (Lipinski definition) is 12. The van der Waals surface area contributed by atoms with E-state index < -0.39 is 0 Å². The van der Waals surface area contributed by atoms with Crippen molar-refractivity contribution < 1.29 is 19.2 Å². The van der Waals surface area contributed by atoms with Crippen LogP contribution in [0.3, 0.4) is 0 Å². The highest BCUT2D eigenvalue weighted by Crippen LogP contribution is 2.40. The molecule has 13 heteroatoms. The average Bonchev–Trinajstić information content (AvgIpc) is 3.73. The molecule has 1 aromatic carbocycles. The minimum absolute atomic E-state index is 0.0914. The van der Waals surface area contributed by atoms with Gasteiger partial charge >= 0.3 is 0 Å². The van der Waals surface area contributed by atoms with Crippen molar-refractivity contribution in [2.75, 3.05) is 68.6 Å². The van der Waals surface area contributed by atoms with Crippen LogP contribution >= 0.6 is 0 Å². The summed E-state index contributed by atoms with van der Waals surface area (Å²) in [7, 11) is 3.42. The number of likely N-dealkylation sites (N-methyl/N-ethyl adjacent to an activating group) is 1. The van der Waals surface area contributed by atoms with Gasteiger partial charge in [-0.3, -0.25) is 14.6 Å². The molecule has 2 aliphatic heterocycles. The Hall–Kier alpha value is -3.81. The molecule has 4 heterocycles. The Morgan fingerprint density at radius 1 is 1.12 bits per heavy atom. The number of methoxy groups -OCH3 is 1. The van der Waals surface area contributed by atoms with Crippen molar-refractivity contribution in [3.8, 4) is 17.1 Å². The number of hydrogen-bond donors (Lipinski definition) is 2. The first kappa shape index (κ1) is 29.3. The molecule has 1 atom stereocenters. The molecule has 1 saturated carbocycles. The number of nitrogens with one attached hydrogen (secondary N) is 1. The minimum atomic E-state index is -0.229. The number of anilines is 4. The number of nitrogens with zero attached hydrogens (tertiary/aromatic N) is 8. The van der Waals surface area contributed by atoms with Gasteiger partial charge in [-0.1, -0.05) is 24.9 Å². The summed E-state index contributed by atoms with van der Waals surface area (Å²) in [5, 5.41) is 16.7. The molecule has 230 valence electrons. The summed E-state index contributed by atoms with van der Waals surface area (Å²) < 4.78 is 11.3. The van der Waals surface area contributed by atoms with E-state index in [0.717, 1.165) is 62.5 Å². The fourth-order valence-electron chi connectivity index (χ4n) is 6.44. The van der Waals surface area contributed by atoms with E-state index in [1.807, 2.05) is 18.2 Å². The number of amides is 1. The van der Waals surface area contributed by atoms with E-state index >= 15 is 0 Å². The van der Waals surface area contributed by atoms with Crippen LogP contribution in [0, 0.1) is 0 Å². The second-order valence-electron chi connectivity index (χ2n) is 11.5. The normalized spacial score (nSPS) is 20.1. The van der Waals surface area contributed by atoms with Gasteiger partial charge in [-0.05, 0) is 37.5 Å². The third kappa shape index (κ3) is 6.01. The molecule has 3 aliphatic rings. The largest absolute Gasteiger partial charge is 0.495 e. The topological polar surface area (TPSA) is 136 Å². The van der Waals surface area contributed by atoms with Gasteiger partial charge in [-0.2, -0.15) is 9.97 Å². The van der Waals surface area contributed by atoms with Gasteiger partial charge in [0.1, 0.15) is 17.5 Å². The highest BCUT2D eigenvalue weighted by molar-refractivity contribution is 6.04. The smallest absolute Gasteiger partial charge is 0.249 e. The van der Waals surface area contributed by atoms with E-state index in [2.05, 4.69) is 42.1 Å². The Morgan fingerprint density at radius 3 is 2.60 bits per heavy atom. The molecule has 0 radical (unpaired) electrons. The van der Waals surface area contributed by atoms with Crippen molar-refractivity contribution in [3.63, 3.8) is 0 Å². The first-order valence-corrected chi connectivity index (χ1v) is 15.3.